The van der Waals surface area contributed by atoms with Gasteiger partial charge in [-0.1, -0.05) is 35.9 Å². The Morgan fingerprint density at radius 2 is 1.89 bits per heavy atom. The van der Waals surface area contributed by atoms with Crippen molar-refractivity contribution in [3.05, 3.63) is 85.9 Å². The van der Waals surface area contributed by atoms with Crippen LogP contribution in [0.3, 0.4) is 0 Å². The molecule has 0 saturated carbocycles. The zero-order valence-corrected chi connectivity index (χ0v) is 26.0. The lowest BCUT2D eigenvalue weighted by Gasteiger charge is -2.36. The molecule has 232 valence electrons. The van der Waals surface area contributed by atoms with Crippen molar-refractivity contribution in [2.45, 2.75) is 32.2 Å². The van der Waals surface area contributed by atoms with Crippen molar-refractivity contribution in [2.75, 3.05) is 57.6 Å². The minimum Gasteiger partial charge on any atom is -0.496 e. The van der Waals surface area contributed by atoms with Crippen molar-refractivity contribution < 1.29 is 19.2 Å². The number of hydrogen-bond acceptors (Lipinski definition) is 8. The normalized spacial score (nSPS) is 18.5. The lowest BCUT2D eigenvalue weighted by atomic mass is 9.98. The van der Waals surface area contributed by atoms with Gasteiger partial charge in [0.2, 0.25) is 0 Å². The lowest BCUT2D eigenvalue weighted by Crippen LogP contribution is -2.49. The van der Waals surface area contributed by atoms with E-state index in [9.17, 15) is 19.7 Å². The molecule has 3 aliphatic rings. The molecule has 2 aromatic rings. The fourth-order valence-electron chi connectivity index (χ4n) is 5.65. The van der Waals surface area contributed by atoms with Gasteiger partial charge in [0.15, 0.2) is 0 Å². The SMILES string of the molecule is COC1=CCCC=C1c1n[nH]c(C)c1C(=O)N1CCN(c2cc(NC(=O)C3=CCC(N(C)C)C=C3)c([N+](=O)[O-])cc2Cl)CC1. The van der Waals surface area contributed by atoms with E-state index in [1.54, 1.807) is 18.1 Å². The molecule has 0 radical (unpaired) electrons. The number of anilines is 2. The van der Waals surface area contributed by atoms with E-state index < -0.39 is 10.8 Å². The third-order valence-corrected chi connectivity index (χ3v) is 8.47. The molecule has 13 heteroatoms. The number of nitrogens with zero attached hydrogens (tertiary/aromatic N) is 5. The second kappa shape index (κ2) is 13.1. The average Bonchev–Trinajstić information content (AvgIpc) is 3.42. The maximum atomic E-state index is 13.8. The first-order valence-corrected chi connectivity index (χ1v) is 14.8. The third-order valence-electron chi connectivity index (χ3n) is 8.17. The predicted molar refractivity (Wildman–Crippen MR) is 170 cm³/mol. The maximum Gasteiger partial charge on any atom is 0.294 e. The maximum absolute atomic E-state index is 13.8. The lowest BCUT2D eigenvalue weighted by molar-refractivity contribution is -0.383. The number of benzene rings is 1. The van der Waals surface area contributed by atoms with Crippen LogP contribution in [-0.4, -0.2) is 90.2 Å². The van der Waals surface area contributed by atoms with Gasteiger partial charge in [-0.15, -0.1) is 0 Å². The molecule has 2 aliphatic carbocycles. The van der Waals surface area contributed by atoms with Gasteiger partial charge in [-0.2, -0.15) is 5.10 Å². The fraction of sp³-hybridized carbons (Fsp3) is 0.387. The van der Waals surface area contributed by atoms with Gasteiger partial charge in [0, 0.05) is 55.1 Å². The van der Waals surface area contributed by atoms with Crippen LogP contribution in [0.4, 0.5) is 17.1 Å². The predicted octanol–water partition coefficient (Wildman–Crippen LogP) is 4.70. The summed E-state index contributed by atoms with van der Waals surface area (Å²) in [5.41, 5.74) is 3.30. The molecule has 0 bridgehead atoms. The Morgan fingerprint density at radius 1 is 1.16 bits per heavy atom. The Kier molecular flexibility index (Phi) is 9.21. The Labute approximate surface area is 260 Å². The number of hydrogen-bond donors (Lipinski definition) is 2. The van der Waals surface area contributed by atoms with Crippen molar-refractivity contribution in [3.63, 3.8) is 0 Å². The second-order valence-electron chi connectivity index (χ2n) is 11.1. The van der Waals surface area contributed by atoms with Crippen molar-refractivity contribution in [3.8, 4) is 0 Å². The minimum absolute atomic E-state index is 0.0587. The Hall–Kier alpha value is -4.42. The first-order chi connectivity index (χ1) is 21.1. The van der Waals surface area contributed by atoms with Crippen LogP contribution in [0.25, 0.3) is 5.57 Å². The number of nitro benzene ring substituents is 1. The van der Waals surface area contributed by atoms with E-state index in [1.165, 1.54) is 12.1 Å². The summed E-state index contributed by atoms with van der Waals surface area (Å²) in [4.78, 5) is 43.9. The summed E-state index contributed by atoms with van der Waals surface area (Å²) in [6.45, 7) is 3.50. The number of aromatic nitrogens is 2. The molecule has 44 heavy (non-hydrogen) atoms. The van der Waals surface area contributed by atoms with Crippen LogP contribution < -0.4 is 10.2 Å². The first-order valence-electron chi connectivity index (χ1n) is 14.5. The minimum atomic E-state index is -0.564. The van der Waals surface area contributed by atoms with Crippen molar-refractivity contribution >= 4 is 46.1 Å². The van der Waals surface area contributed by atoms with Gasteiger partial charge in [0.05, 0.1) is 28.3 Å². The van der Waals surface area contributed by atoms with Crippen LogP contribution in [0.15, 0.2) is 53.8 Å². The highest BCUT2D eigenvalue weighted by atomic mass is 35.5. The molecule has 2 heterocycles. The van der Waals surface area contributed by atoms with E-state index in [-0.39, 0.29) is 28.3 Å². The van der Waals surface area contributed by atoms with Crippen LogP contribution in [-0.2, 0) is 9.53 Å². The standard InChI is InChI=1S/C31H36ClN7O5/c1-19-28(29(35-34-19)22-7-5-6-8-27(22)44-4)31(41)38-15-13-37(14-16-38)25-18-24(26(39(42)43)17-23(25)32)33-30(40)20-9-11-21(12-10-20)36(2)3/h7-11,17-18,21H,5-6,12-16H2,1-4H3,(H,33,40)(H,34,35). The molecule has 1 saturated heterocycles. The molecule has 5 rings (SSSR count). The zero-order chi connectivity index (χ0) is 31.5. The molecule has 0 spiro atoms. The van der Waals surface area contributed by atoms with Crippen molar-refractivity contribution in [1.82, 2.24) is 20.0 Å². The molecule has 1 fully saturated rings. The molecule has 12 nitrogen and oxygen atoms in total. The Morgan fingerprint density at radius 3 is 2.52 bits per heavy atom. The summed E-state index contributed by atoms with van der Waals surface area (Å²) in [6, 6.07) is 2.98. The van der Waals surface area contributed by atoms with Gasteiger partial charge in [-0.05, 0) is 52.4 Å². The number of H-pyrrole nitrogens is 1. The van der Waals surface area contributed by atoms with E-state index in [1.807, 2.05) is 55.1 Å². The molecule has 1 atom stereocenters. The molecule has 2 amide bonds. The molecule has 1 aromatic heterocycles. The number of nitrogens with one attached hydrogen (secondary N) is 2. The van der Waals surface area contributed by atoms with E-state index in [4.69, 9.17) is 16.3 Å². The summed E-state index contributed by atoms with van der Waals surface area (Å²) in [6.07, 6.45) is 11.9. The quantitative estimate of drug-likeness (QED) is 0.320. The van der Waals surface area contributed by atoms with Crippen molar-refractivity contribution in [1.29, 1.82) is 0 Å². The van der Waals surface area contributed by atoms with Gasteiger partial charge in [0.1, 0.15) is 17.1 Å². The van der Waals surface area contributed by atoms with Crippen LogP contribution in [0.2, 0.25) is 5.02 Å². The Balaban J connectivity index is 1.32. The number of nitro groups is 1. The number of carbonyl (C=O) groups excluding carboxylic acids is 2. The number of allylic oxidation sites excluding steroid dienone is 3. The van der Waals surface area contributed by atoms with Gasteiger partial charge >= 0.3 is 0 Å². The summed E-state index contributed by atoms with van der Waals surface area (Å²) in [5, 5.41) is 22.2. The average molecular weight is 622 g/mol. The van der Waals surface area contributed by atoms with Gasteiger partial charge in [-0.25, -0.2) is 0 Å². The topological polar surface area (TPSA) is 137 Å². The molecule has 1 aromatic carbocycles. The first kappa shape index (κ1) is 31.0. The van der Waals surface area contributed by atoms with Gasteiger partial charge in [0.25, 0.3) is 17.5 Å². The molecular weight excluding hydrogens is 586 g/mol. The number of aryl methyl sites for hydroxylation is 1. The molecular formula is C31H36ClN7O5. The van der Waals surface area contributed by atoms with Crippen LogP contribution >= 0.6 is 11.6 Å². The molecule has 1 unspecified atom stereocenters. The number of carbonyl (C=O) groups is 2. The Bertz CT molecular complexity index is 1600. The van der Waals surface area contributed by atoms with E-state index in [0.29, 0.717) is 66.6 Å². The highest BCUT2D eigenvalue weighted by Gasteiger charge is 2.31. The number of halogens is 1. The summed E-state index contributed by atoms with van der Waals surface area (Å²) >= 11 is 6.54. The van der Waals surface area contributed by atoms with Crippen LogP contribution in [0.5, 0.6) is 0 Å². The smallest absolute Gasteiger partial charge is 0.294 e. The van der Waals surface area contributed by atoms with Crippen LogP contribution in [0, 0.1) is 17.0 Å². The number of likely N-dealkylation sites (N-methyl/N-ethyl adjacent to an activating group) is 1. The molecule has 1 aliphatic heterocycles. The fourth-order valence-corrected chi connectivity index (χ4v) is 5.93. The zero-order valence-electron chi connectivity index (χ0n) is 25.2. The number of piperazine rings is 1. The largest absolute Gasteiger partial charge is 0.496 e. The van der Waals surface area contributed by atoms with E-state index in [0.717, 1.165) is 18.4 Å². The van der Waals surface area contributed by atoms with Crippen molar-refractivity contribution in [2.24, 2.45) is 0 Å². The highest BCUT2D eigenvalue weighted by Crippen LogP contribution is 2.38. The summed E-state index contributed by atoms with van der Waals surface area (Å²) in [5.74, 6) is 0.128. The number of aromatic amines is 1. The number of rotatable bonds is 8. The van der Waals surface area contributed by atoms with Gasteiger partial charge in [-0.3, -0.25) is 24.8 Å². The monoisotopic (exact) mass is 621 g/mol. The van der Waals surface area contributed by atoms with Gasteiger partial charge < -0.3 is 24.8 Å². The second-order valence-corrected chi connectivity index (χ2v) is 11.5. The van der Waals surface area contributed by atoms with E-state index >= 15 is 0 Å². The molecule has 2 N–H and O–H groups in total. The highest BCUT2D eigenvalue weighted by molar-refractivity contribution is 6.33. The number of methoxy groups -OCH3 is 1. The number of ether oxygens (including phenoxy) is 1. The third kappa shape index (κ3) is 6.27. The van der Waals surface area contributed by atoms with Crippen LogP contribution in [0.1, 0.15) is 41.0 Å². The summed E-state index contributed by atoms with van der Waals surface area (Å²) in [7, 11) is 5.53. The summed E-state index contributed by atoms with van der Waals surface area (Å²) < 4.78 is 5.54. The number of amides is 2. The van der Waals surface area contributed by atoms with E-state index in [2.05, 4.69) is 15.5 Å².